The highest BCUT2D eigenvalue weighted by atomic mass is 16.5. The molecule has 1 fully saturated rings. The Bertz CT molecular complexity index is 768. The Kier molecular flexibility index (Phi) is 6.16. The van der Waals surface area contributed by atoms with Crippen LogP contribution < -0.4 is 19.5 Å². The number of methoxy groups -OCH3 is 2. The van der Waals surface area contributed by atoms with Crippen LogP contribution in [0.3, 0.4) is 0 Å². The van der Waals surface area contributed by atoms with E-state index < -0.39 is 0 Å². The minimum atomic E-state index is -0.0967. The SMILES string of the molecule is COc1ccc(C(=O)NC2CCC(Oc3ccc(C)cn3)CC2)cc1OC. The number of pyridine rings is 1. The quantitative estimate of drug-likeness (QED) is 0.842. The fourth-order valence-electron chi connectivity index (χ4n) is 3.27. The summed E-state index contributed by atoms with van der Waals surface area (Å²) < 4.78 is 16.4. The van der Waals surface area contributed by atoms with Gasteiger partial charge in [-0.3, -0.25) is 4.79 Å². The van der Waals surface area contributed by atoms with Crippen LogP contribution in [-0.2, 0) is 0 Å². The average Bonchev–Trinajstić information content (AvgIpc) is 2.70. The minimum absolute atomic E-state index is 0.0967. The van der Waals surface area contributed by atoms with Crippen LogP contribution >= 0.6 is 0 Å². The smallest absolute Gasteiger partial charge is 0.251 e. The first-order chi connectivity index (χ1) is 13.1. The van der Waals surface area contributed by atoms with Gasteiger partial charge in [-0.05, 0) is 56.4 Å². The van der Waals surface area contributed by atoms with Gasteiger partial charge in [-0.15, -0.1) is 0 Å². The zero-order valence-corrected chi connectivity index (χ0v) is 16.0. The summed E-state index contributed by atoms with van der Waals surface area (Å²) in [6.07, 6.45) is 5.52. The van der Waals surface area contributed by atoms with Gasteiger partial charge in [0.15, 0.2) is 11.5 Å². The number of hydrogen-bond donors (Lipinski definition) is 1. The number of nitrogens with one attached hydrogen (secondary N) is 1. The second-order valence-electron chi connectivity index (χ2n) is 6.81. The zero-order valence-electron chi connectivity index (χ0n) is 16.0. The van der Waals surface area contributed by atoms with Crippen LogP contribution in [0.1, 0.15) is 41.6 Å². The molecular formula is C21H26N2O4. The van der Waals surface area contributed by atoms with E-state index in [9.17, 15) is 4.79 Å². The summed E-state index contributed by atoms with van der Waals surface area (Å²) in [4.78, 5) is 16.8. The summed E-state index contributed by atoms with van der Waals surface area (Å²) in [6.45, 7) is 2.00. The molecule has 1 amide bonds. The van der Waals surface area contributed by atoms with Crippen LogP contribution in [0.25, 0.3) is 0 Å². The van der Waals surface area contributed by atoms with E-state index in [2.05, 4.69) is 10.3 Å². The number of ether oxygens (including phenoxy) is 3. The predicted octanol–water partition coefficient (Wildman–Crippen LogP) is 3.53. The molecule has 0 aliphatic heterocycles. The minimum Gasteiger partial charge on any atom is -0.493 e. The van der Waals surface area contributed by atoms with Gasteiger partial charge in [0, 0.05) is 23.9 Å². The molecule has 2 aromatic rings. The Hall–Kier alpha value is -2.76. The van der Waals surface area contributed by atoms with Crippen molar-refractivity contribution in [2.45, 2.75) is 44.8 Å². The monoisotopic (exact) mass is 370 g/mol. The summed E-state index contributed by atoms with van der Waals surface area (Å²) >= 11 is 0. The Morgan fingerprint density at radius 2 is 1.78 bits per heavy atom. The lowest BCUT2D eigenvalue weighted by Crippen LogP contribution is -2.39. The van der Waals surface area contributed by atoms with E-state index in [0.717, 1.165) is 31.2 Å². The number of amides is 1. The number of aryl methyl sites for hydroxylation is 1. The third kappa shape index (κ3) is 4.90. The van der Waals surface area contributed by atoms with Crippen LogP contribution in [0.15, 0.2) is 36.5 Å². The first-order valence-corrected chi connectivity index (χ1v) is 9.21. The fourth-order valence-corrected chi connectivity index (χ4v) is 3.27. The number of benzene rings is 1. The van der Waals surface area contributed by atoms with Gasteiger partial charge in [0.25, 0.3) is 5.91 Å². The predicted molar refractivity (Wildman–Crippen MR) is 103 cm³/mol. The van der Waals surface area contributed by atoms with Crippen molar-refractivity contribution in [3.8, 4) is 17.4 Å². The molecule has 0 bridgehead atoms. The first kappa shape index (κ1) is 19.0. The summed E-state index contributed by atoms with van der Waals surface area (Å²) in [5.41, 5.74) is 1.68. The van der Waals surface area contributed by atoms with Gasteiger partial charge in [0.05, 0.1) is 14.2 Å². The molecule has 1 aliphatic rings. The maximum Gasteiger partial charge on any atom is 0.251 e. The molecule has 1 aliphatic carbocycles. The Labute approximate surface area is 159 Å². The highest BCUT2D eigenvalue weighted by Crippen LogP contribution is 2.28. The van der Waals surface area contributed by atoms with Crippen molar-refractivity contribution in [2.75, 3.05) is 14.2 Å². The average molecular weight is 370 g/mol. The standard InChI is InChI=1S/C21H26N2O4/c1-14-4-11-20(22-13-14)27-17-8-6-16(7-9-17)23-21(24)15-5-10-18(25-2)19(12-15)26-3/h4-5,10-13,16-17H,6-9H2,1-3H3,(H,23,24). The molecule has 3 rings (SSSR count). The maximum absolute atomic E-state index is 12.5. The van der Waals surface area contributed by atoms with Crippen molar-refractivity contribution in [1.82, 2.24) is 10.3 Å². The van der Waals surface area contributed by atoms with E-state index in [-0.39, 0.29) is 18.1 Å². The highest BCUT2D eigenvalue weighted by molar-refractivity contribution is 5.95. The molecule has 6 nitrogen and oxygen atoms in total. The van der Waals surface area contributed by atoms with E-state index in [1.54, 1.807) is 32.4 Å². The second-order valence-corrected chi connectivity index (χ2v) is 6.81. The number of carbonyl (C=O) groups excluding carboxylic acids is 1. The molecule has 6 heteroatoms. The second kappa shape index (κ2) is 8.75. The number of nitrogens with zero attached hydrogens (tertiary/aromatic N) is 1. The lowest BCUT2D eigenvalue weighted by atomic mass is 9.92. The van der Waals surface area contributed by atoms with E-state index in [1.807, 2.05) is 25.3 Å². The number of hydrogen-bond acceptors (Lipinski definition) is 5. The number of aromatic nitrogens is 1. The third-order valence-corrected chi connectivity index (χ3v) is 4.83. The van der Waals surface area contributed by atoms with E-state index >= 15 is 0 Å². The maximum atomic E-state index is 12.5. The van der Waals surface area contributed by atoms with Gasteiger partial charge in [0.2, 0.25) is 5.88 Å². The van der Waals surface area contributed by atoms with Gasteiger partial charge in [-0.1, -0.05) is 6.07 Å². The molecule has 1 saturated carbocycles. The zero-order chi connectivity index (χ0) is 19.2. The molecule has 0 unspecified atom stereocenters. The molecule has 1 heterocycles. The molecule has 1 aromatic carbocycles. The van der Waals surface area contributed by atoms with E-state index in [4.69, 9.17) is 14.2 Å². The van der Waals surface area contributed by atoms with Gasteiger partial charge in [-0.25, -0.2) is 4.98 Å². The molecule has 1 aromatic heterocycles. The Balaban J connectivity index is 1.51. The molecule has 0 atom stereocenters. The van der Waals surface area contributed by atoms with Crippen molar-refractivity contribution >= 4 is 5.91 Å². The lowest BCUT2D eigenvalue weighted by Gasteiger charge is -2.29. The van der Waals surface area contributed by atoms with Crippen molar-refractivity contribution in [3.63, 3.8) is 0 Å². The molecule has 0 saturated heterocycles. The first-order valence-electron chi connectivity index (χ1n) is 9.21. The van der Waals surface area contributed by atoms with Crippen molar-refractivity contribution in [3.05, 3.63) is 47.7 Å². The van der Waals surface area contributed by atoms with Gasteiger partial charge in [-0.2, -0.15) is 0 Å². The van der Waals surface area contributed by atoms with Crippen LogP contribution in [0.5, 0.6) is 17.4 Å². The third-order valence-electron chi connectivity index (χ3n) is 4.83. The van der Waals surface area contributed by atoms with Crippen molar-refractivity contribution in [1.29, 1.82) is 0 Å². The molecule has 27 heavy (non-hydrogen) atoms. The molecule has 144 valence electrons. The van der Waals surface area contributed by atoms with Crippen molar-refractivity contribution in [2.24, 2.45) is 0 Å². The molecular weight excluding hydrogens is 344 g/mol. The fraction of sp³-hybridized carbons (Fsp3) is 0.429. The molecule has 0 radical (unpaired) electrons. The van der Waals surface area contributed by atoms with Crippen LogP contribution in [0.4, 0.5) is 0 Å². The Morgan fingerprint density at radius 3 is 2.41 bits per heavy atom. The summed E-state index contributed by atoms with van der Waals surface area (Å²) in [5, 5.41) is 3.11. The summed E-state index contributed by atoms with van der Waals surface area (Å²) in [5.74, 6) is 1.73. The van der Waals surface area contributed by atoms with Crippen LogP contribution in [-0.4, -0.2) is 37.3 Å². The van der Waals surface area contributed by atoms with Gasteiger partial charge in [0.1, 0.15) is 6.10 Å². The lowest BCUT2D eigenvalue weighted by molar-refractivity contribution is 0.0890. The van der Waals surface area contributed by atoms with E-state index in [0.29, 0.717) is 22.9 Å². The van der Waals surface area contributed by atoms with Crippen LogP contribution in [0.2, 0.25) is 0 Å². The summed E-state index contributed by atoms with van der Waals surface area (Å²) in [6, 6.07) is 9.24. The Morgan fingerprint density at radius 1 is 1.04 bits per heavy atom. The van der Waals surface area contributed by atoms with Crippen LogP contribution in [0, 0.1) is 6.92 Å². The van der Waals surface area contributed by atoms with Gasteiger partial charge >= 0.3 is 0 Å². The normalized spacial score (nSPS) is 19.2. The largest absolute Gasteiger partial charge is 0.493 e. The van der Waals surface area contributed by atoms with Crippen molar-refractivity contribution < 1.29 is 19.0 Å². The number of carbonyl (C=O) groups is 1. The van der Waals surface area contributed by atoms with E-state index in [1.165, 1.54) is 0 Å². The molecule has 0 spiro atoms. The highest BCUT2D eigenvalue weighted by Gasteiger charge is 2.24. The molecule has 1 N–H and O–H groups in total. The summed E-state index contributed by atoms with van der Waals surface area (Å²) in [7, 11) is 3.13. The number of rotatable bonds is 6. The van der Waals surface area contributed by atoms with Gasteiger partial charge < -0.3 is 19.5 Å². The topological polar surface area (TPSA) is 69.7 Å².